The van der Waals surface area contributed by atoms with Crippen LogP contribution in [0.15, 0.2) is 65.8 Å². The van der Waals surface area contributed by atoms with E-state index in [9.17, 15) is 4.79 Å². The summed E-state index contributed by atoms with van der Waals surface area (Å²) < 4.78 is 16.2. The number of hydrogen-bond acceptors (Lipinski definition) is 6. The topological polar surface area (TPSA) is 66.4 Å². The fourth-order valence-corrected chi connectivity index (χ4v) is 3.44. The normalized spacial score (nSPS) is 10.8. The number of halogens is 2. The van der Waals surface area contributed by atoms with Gasteiger partial charge in [0.05, 0.1) is 30.0 Å². The highest BCUT2D eigenvalue weighted by molar-refractivity contribution is 6.37. The molecule has 0 amide bonds. The maximum atomic E-state index is 11.2. The van der Waals surface area contributed by atoms with Crippen LogP contribution in [0, 0.1) is 0 Å². The van der Waals surface area contributed by atoms with E-state index < -0.39 is 5.97 Å². The SMILES string of the molecule is CCOC(=O)CO/N=C/c1cc(Cl)c(Oc2ccc(OC)c(-c3ccccc3)c2)c(Cl)c1. The minimum atomic E-state index is -0.501. The molecular formula is C24H21Cl2NO5. The van der Waals surface area contributed by atoms with Crippen molar-refractivity contribution < 1.29 is 23.8 Å². The molecule has 0 atom stereocenters. The van der Waals surface area contributed by atoms with E-state index in [2.05, 4.69) is 5.16 Å². The van der Waals surface area contributed by atoms with Crippen molar-refractivity contribution in [1.82, 2.24) is 0 Å². The van der Waals surface area contributed by atoms with Crippen LogP contribution in [0.1, 0.15) is 12.5 Å². The monoisotopic (exact) mass is 473 g/mol. The second-order valence-electron chi connectivity index (χ2n) is 6.46. The minimum absolute atomic E-state index is 0.277. The van der Waals surface area contributed by atoms with Crippen LogP contribution in [0.3, 0.4) is 0 Å². The van der Waals surface area contributed by atoms with Crippen molar-refractivity contribution in [2.75, 3.05) is 20.3 Å². The Morgan fingerprint density at radius 2 is 1.75 bits per heavy atom. The Morgan fingerprint density at radius 1 is 1.03 bits per heavy atom. The molecule has 0 heterocycles. The summed E-state index contributed by atoms with van der Waals surface area (Å²) in [6.45, 7) is 1.71. The average molecular weight is 474 g/mol. The summed E-state index contributed by atoms with van der Waals surface area (Å²) in [4.78, 5) is 16.1. The number of ether oxygens (including phenoxy) is 3. The lowest BCUT2D eigenvalue weighted by Crippen LogP contribution is -2.10. The van der Waals surface area contributed by atoms with Crippen LogP contribution in [-0.4, -0.2) is 32.5 Å². The quantitative estimate of drug-likeness (QED) is 0.205. The average Bonchev–Trinajstić information content (AvgIpc) is 2.80. The lowest BCUT2D eigenvalue weighted by molar-refractivity contribution is -0.148. The summed E-state index contributed by atoms with van der Waals surface area (Å²) in [6, 6.07) is 18.5. The number of oxime groups is 1. The van der Waals surface area contributed by atoms with Crippen molar-refractivity contribution >= 4 is 35.4 Å². The van der Waals surface area contributed by atoms with Gasteiger partial charge in [0.1, 0.15) is 11.5 Å². The van der Waals surface area contributed by atoms with E-state index in [-0.39, 0.29) is 13.2 Å². The first kappa shape index (κ1) is 23.4. The molecule has 0 spiro atoms. The smallest absolute Gasteiger partial charge is 0.347 e. The standard InChI is InChI=1S/C24H21Cl2NO5/c1-3-30-23(28)15-31-27-14-16-11-20(25)24(21(26)12-16)32-18-9-10-22(29-2)19(13-18)17-7-5-4-6-8-17/h4-14H,3,15H2,1-2H3/b27-14+. The molecule has 0 N–H and O–H groups in total. The number of hydrogen-bond donors (Lipinski definition) is 0. The molecule has 0 saturated carbocycles. The van der Waals surface area contributed by atoms with Crippen LogP contribution in [-0.2, 0) is 14.4 Å². The molecule has 0 aliphatic rings. The first-order chi connectivity index (χ1) is 15.5. The predicted octanol–water partition coefficient (Wildman–Crippen LogP) is 6.37. The zero-order valence-electron chi connectivity index (χ0n) is 17.5. The van der Waals surface area contributed by atoms with E-state index in [0.717, 1.165) is 16.9 Å². The zero-order valence-corrected chi connectivity index (χ0v) is 19.0. The Hall–Kier alpha value is -3.22. The van der Waals surface area contributed by atoms with E-state index in [4.69, 9.17) is 42.3 Å². The van der Waals surface area contributed by atoms with Gasteiger partial charge in [-0.05, 0) is 48.4 Å². The number of nitrogens with zero attached hydrogens (tertiary/aromatic N) is 1. The Morgan fingerprint density at radius 3 is 2.41 bits per heavy atom. The van der Waals surface area contributed by atoms with Gasteiger partial charge in [-0.2, -0.15) is 0 Å². The Balaban J connectivity index is 1.77. The predicted molar refractivity (Wildman–Crippen MR) is 125 cm³/mol. The maximum absolute atomic E-state index is 11.2. The minimum Gasteiger partial charge on any atom is -0.496 e. The lowest BCUT2D eigenvalue weighted by Gasteiger charge is -2.14. The fraction of sp³-hybridized carbons (Fsp3) is 0.167. The van der Waals surface area contributed by atoms with Crippen molar-refractivity contribution in [3.63, 3.8) is 0 Å². The van der Waals surface area contributed by atoms with Gasteiger partial charge >= 0.3 is 5.97 Å². The van der Waals surface area contributed by atoms with Gasteiger partial charge in [0.15, 0.2) is 5.75 Å². The van der Waals surface area contributed by atoms with Gasteiger partial charge < -0.3 is 19.0 Å². The Bertz CT molecular complexity index is 1080. The molecule has 8 heteroatoms. The molecule has 0 aliphatic heterocycles. The number of esters is 1. The third-order valence-electron chi connectivity index (χ3n) is 4.26. The van der Waals surface area contributed by atoms with Gasteiger partial charge in [-0.15, -0.1) is 0 Å². The van der Waals surface area contributed by atoms with E-state index in [1.165, 1.54) is 6.21 Å². The van der Waals surface area contributed by atoms with E-state index in [1.807, 2.05) is 42.5 Å². The largest absolute Gasteiger partial charge is 0.496 e. The van der Waals surface area contributed by atoms with E-state index in [0.29, 0.717) is 27.1 Å². The van der Waals surface area contributed by atoms with Gasteiger partial charge in [0.25, 0.3) is 0 Å². The van der Waals surface area contributed by atoms with Crippen molar-refractivity contribution in [1.29, 1.82) is 0 Å². The van der Waals surface area contributed by atoms with Crippen LogP contribution in [0.25, 0.3) is 11.1 Å². The van der Waals surface area contributed by atoms with Crippen molar-refractivity contribution in [3.05, 3.63) is 76.3 Å². The molecule has 3 aromatic rings. The molecule has 32 heavy (non-hydrogen) atoms. The highest BCUT2D eigenvalue weighted by atomic mass is 35.5. The van der Waals surface area contributed by atoms with Crippen molar-refractivity contribution in [2.24, 2.45) is 5.16 Å². The van der Waals surface area contributed by atoms with Crippen LogP contribution >= 0.6 is 23.2 Å². The fourth-order valence-electron chi connectivity index (χ4n) is 2.85. The lowest BCUT2D eigenvalue weighted by atomic mass is 10.0. The van der Waals surface area contributed by atoms with Crippen LogP contribution in [0.4, 0.5) is 0 Å². The van der Waals surface area contributed by atoms with Crippen molar-refractivity contribution in [3.8, 4) is 28.4 Å². The second kappa shape index (κ2) is 11.4. The molecule has 166 valence electrons. The molecule has 3 rings (SSSR count). The second-order valence-corrected chi connectivity index (χ2v) is 7.27. The Kier molecular flexibility index (Phi) is 8.36. The first-order valence-electron chi connectivity index (χ1n) is 9.73. The van der Waals surface area contributed by atoms with E-state index >= 15 is 0 Å². The number of rotatable bonds is 9. The van der Waals surface area contributed by atoms with Gasteiger partial charge in [-0.3, -0.25) is 0 Å². The number of carbonyl (C=O) groups excluding carboxylic acids is 1. The Labute approximate surface area is 196 Å². The summed E-state index contributed by atoms with van der Waals surface area (Å²) >= 11 is 12.8. The number of methoxy groups -OCH3 is 1. The molecule has 0 radical (unpaired) electrons. The molecule has 6 nitrogen and oxygen atoms in total. The summed E-state index contributed by atoms with van der Waals surface area (Å²) in [5.41, 5.74) is 2.44. The molecule has 0 unspecified atom stereocenters. The summed E-state index contributed by atoms with van der Waals surface area (Å²) in [5.74, 6) is 1.07. The van der Waals surface area contributed by atoms with Crippen LogP contribution in [0.2, 0.25) is 10.0 Å². The van der Waals surface area contributed by atoms with Gasteiger partial charge in [-0.25, -0.2) is 4.79 Å². The first-order valence-corrected chi connectivity index (χ1v) is 10.5. The van der Waals surface area contributed by atoms with Gasteiger partial charge in [0.2, 0.25) is 6.61 Å². The van der Waals surface area contributed by atoms with Gasteiger partial charge in [0, 0.05) is 5.56 Å². The zero-order chi connectivity index (χ0) is 22.9. The third-order valence-corrected chi connectivity index (χ3v) is 4.82. The summed E-state index contributed by atoms with van der Waals surface area (Å²) in [6.07, 6.45) is 1.39. The highest BCUT2D eigenvalue weighted by Crippen LogP contribution is 2.40. The molecule has 0 bridgehead atoms. The summed E-state index contributed by atoms with van der Waals surface area (Å²) in [5, 5.41) is 4.31. The molecule has 3 aromatic carbocycles. The molecular weight excluding hydrogens is 453 g/mol. The maximum Gasteiger partial charge on any atom is 0.347 e. The number of carbonyl (C=O) groups is 1. The van der Waals surface area contributed by atoms with Crippen molar-refractivity contribution in [2.45, 2.75) is 6.92 Å². The number of benzene rings is 3. The molecule has 0 fully saturated rings. The summed E-state index contributed by atoms with van der Waals surface area (Å²) in [7, 11) is 1.62. The highest BCUT2D eigenvalue weighted by Gasteiger charge is 2.13. The third kappa shape index (κ3) is 6.15. The molecule has 0 saturated heterocycles. The van der Waals surface area contributed by atoms with Crippen LogP contribution < -0.4 is 9.47 Å². The van der Waals surface area contributed by atoms with Crippen LogP contribution in [0.5, 0.6) is 17.2 Å². The molecule has 0 aromatic heterocycles. The van der Waals surface area contributed by atoms with Gasteiger partial charge in [-0.1, -0.05) is 58.7 Å². The molecule has 0 aliphatic carbocycles. The van der Waals surface area contributed by atoms with E-state index in [1.54, 1.807) is 32.2 Å².